The fourth-order valence-corrected chi connectivity index (χ4v) is 12.8. The molecule has 0 saturated carbocycles. The molecule has 0 aromatic heterocycles. The molecule has 3 N–H and O–H groups in total. The zero-order valence-corrected chi connectivity index (χ0v) is 62.3. The first-order valence-electron chi connectivity index (χ1n) is 38.6. The van der Waals surface area contributed by atoms with Crippen LogP contribution in [0.1, 0.15) is 382 Å². The molecule has 552 valence electrons. The second-order valence-corrected chi connectivity index (χ2v) is 30.1. The van der Waals surface area contributed by atoms with Crippen LogP contribution in [0.3, 0.4) is 0 Å². The molecule has 0 radical (unpaired) electrons. The van der Waals surface area contributed by atoms with Crippen LogP contribution in [-0.4, -0.2) is 96.7 Å². The van der Waals surface area contributed by atoms with Crippen molar-refractivity contribution in [2.24, 2.45) is 11.8 Å². The highest BCUT2D eigenvalue weighted by Crippen LogP contribution is 2.45. The number of ether oxygens (including phenoxy) is 4. The molecule has 0 fully saturated rings. The van der Waals surface area contributed by atoms with Crippen molar-refractivity contribution < 1.29 is 80.2 Å². The van der Waals surface area contributed by atoms with E-state index >= 15 is 0 Å². The van der Waals surface area contributed by atoms with Crippen LogP contribution in [0.5, 0.6) is 0 Å². The standard InChI is InChI=1S/C74H144O17P2/c1-7-11-13-15-17-19-21-28-32-40-46-52-58-73(78)90-69(62-84-71(76)56-50-44-38-31-26-20-18-16-14-12-8-2)64-88-92(80,81)86-60-68(75)61-87-93(82,83)89-65-70(63-85-72(77)57-51-45-39-35-34-37-43-49-55-67(6)10-4)91-74(79)59-53-47-41-33-29-25-23-22-24-27-30-36-42-48-54-66(5)9-3/h66-70,75H,7-65H2,1-6H3,(H,80,81)(H,82,83)/t66?,67?,68-,69+,70+/m0/s1. The van der Waals surface area contributed by atoms with Gasteiger partial charge in [0.25, 0.3) is 0 Å². The molecule has 0 aliphatic rings. The van der Waals surface area contributed by atoms with E-state index in [0.717, 1.165) is 102 Å². The van der Waals surface area contributed by atoms with E-state index in [9.17, 15) is 43.2 Å². The summed E-state index contributed by atoms with van der Waals surface area (Å²) in [5.74, 6) is -0.493. The lowest BCUT2D eigenvalue weighted by Gasteiger charge is -2.21. The van der Waals surface area contributed by atoms with Crippen molar-refractivity contribution in [1.82, 2.24) is 0 Å². The highest BCUT2D eigenvalue weighted by atomic mass is 31.2. The van der Waals surface area contributed by atoms with Gasteiger partial charge in [0.05, 0.1) is 26.4 Å². The van der Waals surface area contributed by atoms with Gasteiger partial charge in [-0.3, -0.25) is 37.3 Å². The van der Waals surface area contributed by atoms with Crippen LogP contribution < -0.4 is 0 Å². The molecule has 17 nitrogen and oxygen atoms in total. The zero-order chi connectivity index (χ0) is 68.6. The number of phosphoric ester groups is 2. The normalized spacial score (nSPS) is 14.6. The van der Waals surface area contributed by atoms with E-state index in [2.05, 4.69) is 41.5 Å². The van der Waals surface area contributed by atoms with Gasteiger partial charge in [-0.25, -0.2) is 9.13 Å². The summed E-state index contributed by atoms with van der Waals surface area (Å²) in [6.45, 7) is 9.64. The van der Waals surface area contributed by atoms with E-state index in [0.29, 0.717) is 25.7 Å². The average molecular weight is 1370 g/mol. The molecule has 19 heteroatoms. The maximum Gasteiger partial charge on any atom is 0.472 e. The van der Waals surface area contributed by atoms with Crippen LogP contribution >= 0.6 is 15.6 Å². The van der Waals surface area contributed by atoms with Gasteiger partial charge in [-0.2, -0.15) is 0 Å². The number of carbonyl (C=O) groups excluding carboxylic acids is 4. The van der Waals surface area contributed by atoms with Crippen molar-refractivity contribution in [1.29, 1.82) is 0 Å². The Morgan fingerprint density at radius 3 is 0.763 bits per heavy atom. The molecule has 93 heavy (non-hydrogen) atoms. The van der Waals surface area contributed by atoms with Gasteiger partial charge >= 0.3 is 39.5 Å². The van der Waals surface area contributed by atoms with E-state index in [4.69, 9.17) is 37.0 Å². The molecule has 0 aromatic carbocycles. The predicted molar refractivity (Wildman–Crippen MR) is 377 cm³/mol. The van der Waals surface area contributed by atoms with Gasteiger partial charge in [0.15, 0.2) is 12.2 Å². The molecule has 0 rings (SSSR count). The summed E-state index contributed by atoms with van der Waals surface area (Å²) in [4.78, 5) is 72.7. The molecule has 0 aliphatic carbocycles. The molecule has 0 aromatic rings. The van der Waals surface area contributed by atoms with Crippen LogP contribution in [0.2, 0.25) is 0 Å². The Balaban J connectivity index is 5.24. The Kier molecular flexibility index (Phi) is 64.6. The SMILES string of the molecule is CCCCCCCCCCCCCCC(=O)O[C@H](COC(=O)CCCCCCCCCCCCC)COP(=O)(O)OC[C@H](O)COP(=O)(O)OC[C@@H](COC(=O)CCCCCCCCCCC(C)CC)OC(=O)CCCCCCCCCCCCCCCCC(C)CC. The highest BCUT2D eigenvalue weighted by Gasteiger charge is 2.30. The summed E-state index contributed by atoms with van der Waals surface area (Å²) in [5.41, 5.74) is 0. The molecule has 0 aliphatic heterocycles. The van der Waals surface area contributed by atoms with Gasteiger partial charge in [0.1, 0.15) is 19.3 Å². The summed E-state index contributed by atoms with van der Waals surface area (Å²) < 4.78 is 68.4. The molecule has 0 amide bonds. The van der Waals surface area contributed by atoms with E-state index in [1.54, 1.807) is 0 Å². The van der Waals surface area contributed by atoms with Crippen LogP contribution in [0, 0.1) is 11.8 Å². The molecule has 0 saturated heterocycles. The quantitative estimate of drug-likeness (QED) is 0.0222. The molecule has 0 spiro atoms. The Hall–Kier alpha value is -1.94. The lowest BCUT2D eigenvalue weighted by atomic mass is 9.99. The van der Waals surface area contributed by atoms with Gasteiger partial charge in [0.2, 0.25) is 0 Å². The van der Waals surface area contributed by atoms with Crippen molar-refractivity contribution in [3.05, 3.63) is 0 Å². The fraction of sp³-hybridized carbons (Fsp3) is 0.946. The maximum atomic E-state index is 13.1. The first-order valence-corrected chi connectivity index (χ1v) is 41.6. The van der Waals surface area contributed by atoms with Crippen LogP contribution in [0.4, 0.5) is 0 Å². The Morgan fingerprint density at radius 2 is 0.516 bits per heavy atom. The smallest absolute Gasteiger partial charge is 0.462 e. The van der Waals surface area contributed by atoms with Crippen LogP contribution in [-0.2, 0) is 65.4 Å². The summed E-state index contributed by atoms with van der Waals surface area (Å²) in [6.07, 6.45) is 52.4. The first-order chi connectivity index (χ1) is 44.9. The minimum absolute atomic E-state index is 0.107. The molecular formula is C74H144O17P2. The minimum Gasteiger partial charge on any atom is -0.462 e. The molecule has 0 bridgehead atoms. The first kappa shape index (κ1) is 91.1. The molecule has 4 unspecified atom stereocenters. The third kappa shape index (κ3) is 65.8. The maximum absolute atomic E-state index is 13.1. The molecule has 0 heterocycles. The number of aliphatic hydroxyl groups is 1. The lowest BCUT2D eigenvalue weighted by Crippen LogP contribution is -2.30. The number of phosphoric acid groups is 2. The van der Waals surface area contributed by atoms with Gasteiger partial charge in [-0.15, -0.1) is 0 Å². The van der Waals surface area contributed by atoms with Crippen molar-refractivity contribution in [2.45, 2.75) is 400 Å². The third-order valence-electron chi connectivity index (χ3n) is 17.9. The number of aliphatic hydroxyl groups excluding tert-OH is 1. The topological polar surface area (TPSA) is 237 Å². The summed E-state index contributed by atoms with van der Waals surface area (Å²) >= 11 is 0. The van der Waals surface area contributed by atoms with Gasteiger partial charge < -0.3 is 33.8 Å². The minimum atomic E-state index is -4.96. The second kappa shape index (κ2) is 66.0. The highest BCUT2D eigenvalue weighted by molar-refractivity contribution is 7.47. The predicted octanol–water partition coefficient (Wildman–Crippen LogP) is 21.6. The lowest BCUT2D eigenvalue weighted by molar-refractivity contribution is -0.161. The number of hydrogen-bond acceptors (Lipinski definition) is 15. The zero-order valence-electron chi connectivity index (χ0n) is 60.6. The number of carbonyl (C=O) groups is 4. The van der Waals surface area contributed by atoms with Crippen molar-refractivity contribution in [2.75, 3.05) is 39.6 Å². The number of unbranched alkanes of at least 4 members (excludes halogenated alkanes) is 41. The number of hydrogen-bond donors (Lipinski definition) is 3. The summed E-state index contributed by atoms with van der Waals surface area (Å²) in [7, 11) is -9.91. The van der Waals surface area contributed by atoms with E-state index < -0.39 is 97.5 Å². The van der Waals surface area contributed by atoms with Crippen molar-refractivity contribution >= 4 is 39.5 Å². The van der Waals surface area contributed by atoms with E-state index in [-0.39, 0.29) is 25.7 Å². The fourth-order valence-electron chi connectivity index (χ4n) is 11.2. The largest absolute Gasteiger partial charge is 0.472 e. The van der Waals surface area contributed by atoms with E-state index in [1.807, 2.05) is 0 Å². The van der Waals surface area contributed by atoms with Crippen molar-refractivity contribution in [3.8, 4) is 0 Å². The second-order valence-electron chi connectivity index (χ2n) is 27.2. The number of esters is 4. The summed E-state index contributed by atoms with van der Waals surface area (Å²) in [6, 6.07) is 0. The van der Waals surface area contributed by atoms with Gasteiger partial charge in [-0.1, -0.05) is 330 Å². The Morgan fingerprint density at radius 1 is 0.301 bits per heavy atom. The van der Waals surface area contributed by atoms with E-state index in [1.165, 1.54) is 199 Å². The number of rotatable bonds is 73. The summed E-state index contributed by atoms with van der Waals surface area (Å²) in [5, 5.41) is 10.6. The molecular weight excluding hydrogens is 1220 g/mol. The average Bonchev–Trinajstić information content (AvgIpc) is 3.75. The Labute approximate surface area is 568 Å². The molecule has 7 atom stereocenters. The van der Waals surface area contributed by atoms with Crippen LogP contribution in [0.15, 0.2) is 0 Å². The van der Waals surface area contributed by atoms with Gasteiger partial charge in [-0.05, 0) is 37.5 Å². The van der Waals surface area contributed by atoms with Crippen molar-refractivity contribution in [3.63, 3.8) is 0 Å². The Bertz CT molecular complexity index is 1810. The van der Waals surface area contributed by atoms with Gasteiger partial charge in [0, 0.05) is 25.7 Å². The third-order valence-corrected chi connectivity index (χ3v) is 19.8. The monoisotopic (exact) mass is 1370 g/mol. The van der Waals surface area contributed by atoms with Crippen LogP contribution in [0.25, 0.3) is 0 Å².